The molecule has 45 heavy (non-hydrogen) atoms. The van der Waals surface area contributed by atoms with Crippen molar-refractivity contribution in [2.24, 2.45) is 0 Å². The smallest absolute Gasteiger partial charge is 0.264 e. The van der Waals surface area contributed by atoms with Crippen molar-refractivity contribution in [3.63, 3.8) is 0 Å². The lowest BCUT2D eigenvalue weighted by Crippen LogP contribution is -2.54. The predicted octanol–water partition coefficient (Wildman–Crippen LogP) is 6.88. The Morgan fingerprint density at radius 3 is 2.00 bits per heavy atom. The molecule has 0 heterocycles. The molecule has 0 radical (unpaired) electrons. The van der Waals surface area contributed by atoms with E-state index in [0.717, 1.165) is 9.87 Å². The first kappa shape index (κ1) is 34.0. The van der Waals surface area contributed by atoms with E-state index in [1.807, 2.05) is 44.2 Å². The first-order chi connectivity index (χ1) is 21.5. The molecule has 0 fully saturated rings. The highest BCUT2D eigenvalue weighted by Gasteiger charge is 2.35. The fraction of sp³-hybridized carbons (Fsp3) is 0.235. The van der Waals surface area contributed by atoms with Gasteiger partial charge in [0.05, 0.1) is 10.6 Å². The highest BCUT2D eigenvalue weighted by atomic mass is 35.5. The third-order valence-electron chi connectivity index (χ3n) is 7.28. The first-order valence-corrected chi connectivity index (χ1v) is 16.6. The monoisotopic (exact) mass is 669 g/mol. The maximum atomic E-state index is 14.4. The number of carbonyl (C=O) groups is 2. The number of rotatable bonds is 13. The normalized spacial score (nSPS) is 12.6. The van der Waals surface area contributed by atoms with Gasteiger partial charge >= 0.3 is 0 Å². The Labute approximate surface area is 273 Å². The van der Waals surface area contributed by atoms with Crippen molar-refractivity contribution in [3.8, 4) is 0 Å². The summed E-state index contributed by atoms with van der Waals surface area (Å²) < 4.78 is 42.8. The topological polar surface area (TPSA) is 86.8 Å². The van der Waals surface area contributed by atoms with Crippen LogP contribution in [0.4, 0.5) is 10.1 Å². The number of anilines is 1. The fourth-order valence-corrected chi connectivity index (χ4v) is 6.65. The van der Waals surface area contributed by atoms with Crippen LogP contribution in [0.2, 0.25) is 10.0 Å². The molecule has 0 aliphatic carbocycles. The van der Waals surface area contributed by atoms with E-state index in [-0.39, 0.29) is 39.6 Å². The molecule has 4 aromatic carbocycles. The molecule has 4 aromatic rings. The Kier molecular flexibility index (Phi) is 11.6. The van der Waals surface area contributed by atoms with Crippen molar-refractivity contribution in [2.75, 3.05) is 10.8 Å². The zero-order chi connectivity index (χ0) is 32.6. The maximum Gasteiger partial charge on any atom is 0.264 e. The van der Waals surface area contributed by atoms with E-state index in [1.165, 1.54) is 59.5 Å². The molecule has 0 saturated carbocycles. The van der Waals surface area contributed by atoms with Crippen molar-refractivity contribution in [1.82, 2.24) is 10.2 Å². The zero-order valence-corrected chi connectivity index (χ0v) is 27.2. The quantitative estimate of drug-likeness (QED) is 0.168. The van der Waals surface area contributed by atoms with Crippen LogP contribution in [0, 0.1) is 5.82 Å². The van der Waals surface area contributed by atoms with E-state index in [2.05, 4.69) is 5.32 Å². The van der Waals surface area contributed by atoms with Crippen molar-refractivity contribution < 1.29 is 22.4 Å². The minimum atomic E-state index is -4.30. The van der Waals surface area contributed by atoms with E-state index in [0.29, 0.717) is 12.0 Å². The number of nitrogens with one attached hydrogen (secondary N) is 1. The van der Waals surface area contributed by atoms with Crippen LogP contribution in [-0.2, 0) is 32.6 Å². The minimum absolute atomic E-state index is 0.0469. The average molecular weight is 671 g/mol. The number of halogens is 3. The number of sulfonamides is 1. The van der Waals surface area contributed by atoms with Crippen molar-refractivity contribution >= 4 is 50.7 Å². The van der Waals surface area contributed by atoms with Gasteiger partial charge in [0.25, 0.3) is 10.0 Å². The number of benzene rings is 4. The summed E-state index contributed by atoms with van der Waals surface area (Å²) in [5, 5.41) is 3.33. The molecule has 0 aliphatic heterocycles. The van der Waals surface area contributed by atoms with Crippen LogP contribution in [0.15, 0.2) is 108 Å². The van der Waals surface area contributed by atoms with Crippen LogP contribution >= 0.6 is 23.2 Å². The summed E-state index contributed by atoms with van der Waals surface area (Å²) in [5.41, 5.74) is 1.44. The van der Waals surface area contributed by atoms with Gasteiger partial charge in [-0.1, -0.05) is 90.8 Å². The Morgan fingerprint density at radius 1 is 0.844 bits per heavy atom. The van der Waals surface area contributed by atoms with Crippen LogP contribution in [0.25, 0.3) is 0 Å². The Hall–Kier alpha value is -3.92. The number of carbonyl (C=O) groups excluding carboxylic acids is 2. The van der Waals surface area contributed by atoms with Crippen molar-refractivity contribution in [3.05, 3.63) is 130 Å². The highest BCUT2D eigenvalue weighted by molar-refractivity contribution is 7.92. The molecule has 11 heteroatoms. The van der Waals surface area contributed by atoms with Gasteiger partial charge in [0.2, 0.25) is 11.8 Å². The summed E-state index contributed by atoms with van der Waals surface area (Å²) in [7, 11) is -4.30. The molecule has 2 atom stereocenters. The summed E-state index contributed by atoms with van der Waals surface area (Å²) >= 11 is 12.5. The number of amides is 2. The van der Waals surface area contributed by atoms with E-state index < -0.39 is 40.2 Å². The lowest BCUT2D eigenvalue weighted by atomic mass is 10.0. The summed E-state index contributed by atoms with van der Waals surface area (Å²) in [6, 6.07) is 25.6. The number of hydrogen-bond donors (Lipinski definition) is 1. The van der Waals surface area contributed by atoms with Gasteiger partial charge < -0.3 is 10.2 Å². The molecule has 0 unspecified atom stereocenters. The second-order valence-electron chi connectivity index (χ2n) is 10.6. The van der Waals surface area contributed by atoms with E-state index >= 15 is 0 Å². The molecule has 7 nitrogen and oxygen atoms in total. The van der Waals surface area contributed by atoms with Crippen LogP contribution in [0.1, 0.15) is 31.4 Å². The summed E-state index contributed by atoms with van der Waals surface area (Å²) in [4.78, 5) is 29.6. The van der Waals surface area contributed by atoms with E-state index in [9.17, 15) is 22.4 Å². The van der Waals surface area contributed by atoms with Crippen molar-refractivity contribution in [2.45, 2.75) is 50.2 Å². The van der Waals surface area contributed by atoms with Gasteiger partial charge in [-0.25, -0.2) is 12.8 Å². The van der Waals surface area contributed by atoms with Gasteiger partial charge in [0.1, 0.15) is 18.4 Å². The summed E-state index contributed by atoms with van der Waals surface area (Å²) in [5.74, 6) is -1.51. The average Bonchev–Trinajstić information content (AvgIpc) is 3.02. The SMILES string of the molecule is CC[C@@H](C)NC(=O)[C@H](Cc1ccccc1)N(Cc1ccc(F)cc1)C(=O)CN(c1cc(Cl)cc(Cl)c1)S(=O)(=O)c1ccccc1. The molecule has 4 rings (SSSR count). The molecular weight excluding hydrogens is 636 g/mol. The largest absolute Gasteiger partial charge is 0.352 e. The van der Waals surface area contributed by atoms with Gasteiger partial charge in [-0.2, -0.15) is 0 Å². The molecule has 0 bridgehead atoms. The second-order valence-corrected chi connectivity index (χ2v) is 13.4. The third-order valence-corrected chi connectivity index (χ3v) is 9.51. The van der Waals surface area contributed by atoms with Gasteiger partial charge in [-0.3, -0.25) is 13.9 Å². The van der Waals surface area contributed by atoms with Crippen LogP contribution in [0.5, 0.6) is 0 Å². The van der Waals surface area contributed by atoms with Gasteiger partial charge in [0.15, 0.2) is 0 Å². The first-order valence-electron chi connectivity index (χ1n) is 14.4. The van der Waals surface area contributed by atoms with Crippen molar-refractivity contribution in [1.29, 1.82) is 0 Å². The molecule has 0 aromatic heterocycles. The second kappa shape index (κ2) is 15.4. The van der Waals surface area contributed by atoms with Crippen LogP contribution in [-0.4, -0.2) is 43.8 Å². The standard InChI is InChI=1S/C34H34Cl2FN3O4S/c1-3-24(2)38-34(42)32(18-25-10-6-4-7-11-25)39(22-26-14-16-29(37)17-15-26)33(41)23-40(30-20-27(35)19-28(36)21-30)45(43,44)31-12-8-5-9-13-31/h4-17,19-21,24,32H,3,18,22-23H2,1-2H3,(H,38,42)/t24-,32+/m1/s1. The Bertz CT molecular complexity index is 1690. The maximum absolute atomic E-state index is 14.4. The minimum Gasteiger partial charge on any atom is -0.352 e. The lowest BCUT2D eigenvalue weighted by molar-refractivity contribution is -0.140. The van der Waals surface area contributed by atoms with Gasteiger partial charge in [-0.05, 0) is 66.9 Å². The molecule has 1 N–H and O–H groups in total. The molecular formula is C34H34Cl2FN3O4S. The van der Waals surface area contributed by atoms with Gasteiger partial charge in [0, 0.05) is 29.1 Å². The molecule has 0 aliphatic rings. The Balaban J connectivity index is 1.82. The molecule has 0 saturated heterocycles. The third kappa shape index (κ3) is 9.06. The van der Waals surface area contributed by atoms with Gasteiger partial charge in [-0.15, -0.1) is 0 Å². The molecule has 0 spiro atoms. The number of hydrogen-bond acceptors (Lipinski definition) is 4. The molecule has 2 amide bonds. The van der Waals surface area contributed by atoms with E-state index in [4.69, 9.17) is 23.2 Å². The van der Waals surface area contributed by atoms with Crippen LogP contribution in [0.3, 0.4) is 0 Å². The summed E-state index contributed by atoms with van der Waals surface area (Å²) in [6.45, 7) is 3.04. The highest BCUT2D eigenvalue weighted by Crippen LogP contribution is 2.30. The zero-order valence-electron chi connectivity index (χ0n) is 24.9. The number of nitrogens with zero attached hydrogens (tertiary/aromatic N) is 2. The summed E-state index contributed by atoms with van der Waals surface area (Å²) in [6.07, 6.45) is 0.818. The van der Waals surface area contributed by atoms with Crippen LogP contribution < -0.4 is 9.62 Å². The predicted molar refractivity (Wildman–Crippen MR) is 176 cm³/mol. The fourth-order valence-electron chi connectivity index (χ4n) is 4.71. The van der Waals surface area contributed by atoms with E-state index in [1.54, 1.807) is 18.2 Å². The Morgan fingerprint density at radius 2 is 1.42 bits per heavy atom. The lowest BCUT2D eigenvalue weighted by Gasteiger charge is -2.34. The molecule has 236 valence electrons.